The van der Waals surface area contributed by atoms with Crippen LogP contribution in [0.5, 0.6) is 0 Å². The zero-order valence-electron chi connectivity index (χ0n) is 13.1. The lowest BCUT2D eigenvalue weighted by molar-refractivity contribution is 0.552. The average Bonchev–Trinajstić information content (AvgIpc) is 2.68. The summed E-state index contributed by atoms with van der Waals surface area (Å²) < 4.78 is 1.91. The SMILES string of the molecule is Cc1nc(C)n(-c2ccc(CNCC(C)C)cc2C)n1. The van der Waals surface area contributed by atoms with Crippen molar-refractivity contribution < 1.29 is 0 Å². The van der Waals surface area contributed by atoms with Crippen molar-refractivity contribution in [3.63, 3.8) is 0 Å². The zero-order chi connectivity index (χ0) is 14.7. The van der Waals surface area contributed by atoms with Crippen molar-refractivity contribution in [2.45, 2.75) is 41.2 Å². The highest BCUT2D eigenvalue weighted by Gasteiger charge is 2.08. The topological polar surface area (TPSA) is 42.7 Å². The first-order valence-corrected chi connectivity index (χ1v) is 7.18. The Morgan fingerprint density at radius 1 is 1.20 bits per heavy atom. The van der Waals surface area contributed by atoms with E-state index < -0.39 is 0 Å². The first kappa shape index (κ1) is 14.7. The lowest BCUT2D eigenvalue weighted by Gasteiger charge is -2.11. The van der Waals surface area contributed by atoms with Gasteiger partial charge in [0.1, 0.15) is 11.6 Å². The van der Waals surface area contributed by atoms with Crippen molar-refractivity contribution in [2.75, 3.05) is 6.54 Å². The Balaban J connectivity index is 2.16. The second-order valence-corrected chi connectivity index (χ2v) is 5.76. The smallest absolute Gasteiger partial charge is 0.148 e. The first-order chi connectivity index (χ1) is 9.47. The van der Waals surface area contributed by atoms with Crippen LogP contribution in [-0.2, 0) is 6.54 Å². The van der Waals surface area contributed by atoms with Crippen LogP contribution in [0, 0.1) is 26.7 Å². The third-order valence-electron chi connectivity index (χ3n) is 3.25. The van der Waals surface area contributed by atoms with E-state index in [-0.39, 0.29) is 0 Å². The number of aryl methyl sites for hydroxylation is 3. The molecule has 1 aromatic carbocycles. The molecule has 108 valence electrons. The number of benzene rings is 1. The van der Waals surface area contributed by atoms with Crippen molar-refractivity contribution in [3.05, 3.63) is 41.0 Å². The van der Waals surface area contributed by atoms with Gasteiger partial charge in [-0.1, -0.05) is 26.0 Å². The molecule has 2 rings (SSSR count). The van der Waals surface area contributed by atoms with E-state index in [9.17, 15) is 0 Å². The molecule has 0 spiro atoms. The second-order valence-electron chi connectivity index (χ2n) is 5.76. The van der Waals surface area contributed by atoms with E-state index >= 15 is 0 Å². The van der Waals surface area contributed by atoms with Gasteiger partial charge in [-0.05, 0) is 50.4 Å². The number of hydrogen-bond acceptors (Lipinski definition) is 3. The second kappa shape index (κ2) is 6.18. The molecule has 0 saturated carbocycles. The van der Waals surface area contributed by atoms with Crippen LogP contribution in [0.15, 0.2) is 18.2 Å². The third-order valence-corrected chi connectivity index (χ3v) is 3.25. The van der Waals surface area contributed by atoms with Gasteiger partial charge in [0, 0.05) is 6.54 Å². The van der Waals surface area contributed by atoms with E-state index in [2.05, 4.69) is 54.4 Å². The van der Waals surface area contributed by atoms with Crippen molar-refractivity contribution >= 4 is 0 Å². The Kier molecular flexibility index (Phi) is 4.55. The largest absolute Gasteiger partial charge is 0.312 e. The Hall–Kier alpha value is -1.68. The molecule has 0 unspecified atom stereocenters. The number of aromatic nitrogens is 3. The molecule has 2 aromatic rings. The lowest BCUT2D eigenvalue weighted by Crippen LogP contribution is -2.19. The number of rotatable bonds is 5. The zero-order valence-corrected chi connectivity index (χ0v) is 13.1. The monoisotopic (exact) mass is 272 g/mol. The number of nitrogens with one attached hydrogen (secondary N) is 1. The van der Waals surface area contributed by atoms with E-state index in [1.807, 2.05) is 18.5 Å². The van der Waals surface area contributed by atoms with Crippen molar-refractivity contribution in [1.82, 2.24) is 20.1 Å². The van der Waals surface area contributed by atoms with Crippen LogP contribution in [0.3, 0.4) is 0 Å². The predicted octanol–water partition coefficient (Wildman–Crippen LogP) is 2.94. The normalized spacial score (nSPS) is 11.3. The van der Waals surface area contributed by atoms with Crippen LogP contribution in [-0.4, -0.2) is 21.3 Å². The van der Waals surface area contributed by atoms with E-state index in [1.165, 1.54) is 11.1 Å². The first-order valence-electron chi connectivity index (χ1n) is 7.18. The van der Waals surface area contributed by atoms with Crippen LogP contribution >= 0.6 is 0 Å². The lowest BCUT2D eigenvalue weighted by atomic mass is 10.1. The van der Waals surface area contributed by atoms with Gasteiger partial charge in [0.2, 0.25) is 0 Å². The summed E-state index contributed by atoms with van der Waals surface area (Å²) in [6, 6.07) is 6.51. The molecule has 1 N–H and O–H groups in total. The Morgan fingerprint density at radius 2 is 1.95 bits per heavy atom. The van der Waals surface area contributed by atoms with Crippen LogP contribution < -0.4 is 5.32 Å². The van der Waals surface area contributed by atoms with Crippen LogP contribution in [0.2, 0.25) is 0 Å². The van der Waals surface area contributed by atoms with E-state index in [4.69, 9.17) is 0 Å². The summed E-state index contributed by atoms with van der Waals surface area (Å²) in [5, 5.41) is 7.91. The molecule has 0 aliphatic rings. The Bertz CT molecular complexity index is 584. The fourth-order valence-corrected chi connectivity index (χ4v) is 2.32. The molecule has 4 nitrogen and oxygen atoms in total. The molecule has 4 heteroatoms. The van der Waals surface area contributed by atoms with Crippen LogP contribution in [0.1, 0.15) is 36.6 Å². The minimum absolute atomic E-state index is 0.677. The molecule has 1 heterocycles. The van der Waals surface area contributed by atoms with Crippen molar-refractivity contribution in [2.24, 2.45) is 5.92 Å². The van der Waals surface area contributed by atoms with E-state index in [1.54, 1.807) is 0 Å². The fourth-order valence-electron chi connectivity index (χ4n) is 2.32. The Morgan fingerprint density at radius 3 is 2.50 bits per heavy atom. The van der Waals surface area contributed by atoms with Crippen molar-refractivity contribution in [3.8, 4) is 5.69 Å². The van der Waals surface area contributed by atoms with Crippen LogP contribution in [0.4, 0.5) is 0 Å². The molecular formula is C16H24N4. The highest BCUT2D eigenvalue weighted by Crippen LogP contribution is 2.16. The van der Waals surface area contributed by atoms with Gasteiger partial charge in [0.25, 0.3) is 0 Å². The summed E-state index contributed by atoms with van der Waals surface area (Å²) >= 11 is 0. The minimum atomic E-state index is 0.677. The molecule has 0 bridgehead atoms. The minimum Gasteiger partial charge on any atom is -0.312 e. The average molecular weight is 272 g/mol. The molecule has 0 aliphatic heterocycles. The van der Waals surface area contributed by atoms with Gasteiger partial charge in [-0.2, -0.15) is 5.10 Å². The Labute approximate surface area is 121 Å². The van der Waals surface area contributed by atoms with Crippen LogP contribution in [0.25, 0.3) is 5.69 Å². The van der Waals surface area contributed by atoms with Gasteiger partial charge in [-0.15, -0.1) is 0 Å². The van der Waals surface area contributed by atoms with Gasteiger partial charge in [-0.25, -0.2) is 9.67 Å². The summed E-state index contributed by atoms with van der Waals surface area (Å²) in [4.78, 5) is 4.36. The van der Waals surface area contributed by atoms with E-state index in [0.717, 1.165) is 30.4 Å². The standard InChI is InChI=1S/C16H24N4/c1-11(2)9-17-10-15-6-7-16(12(3)8-15)20-14(5)18-13(4)19-20/h6-8,11,17H,9-10H2,1-5H3. The van der Waals surface area contributed by atoms with Gasteiger partial charge in [-0.3, -0.25) is 0 Å². The molecule has 0 atom stereocenters. The molecule has 1 aromatic heterocycles. The summed E-state index contributed by atoms with van der Waals surface area (Å²) in [6.07, 6.45) is 0. The highest BCUT2D eigenvalue weighted by atomic mass is 15.3. The maximum Gasteiger partial charge on any atom is 0.148 e. The molecule has 0 saturated heterocycles. The fraction of sp³-hybridized carbons (Fsp3) is 0.500. The summed E-state index contributed by atoms with van der Waals surface area (Å²) in [5.41, 5.74) is 3.64. The summed E-state index contributed by atoms with van der Waals surface area (Å²) in [6.45, 7) is 12.4. The molecule has 0 fully saturated rings. The summed E-state index contributed by atoms with van der Waals surface area (Å²) in [7, 11) is 0. The van der Waals surface area contributed by atoms with Gasteiger partial charge < -0.3 is 5.32 Å². The maximum absolute atomic E-state index is 4.45. The number of hydrogen-bond donors (Lipinski definition) is 1. The van der Waals surface area contributed by atoms with Gasteiger partial charge in [0.15, 0.2) is 0 Å². The molecular weight excluding hydrogens is 248 g/mol. The number of nitrogens with zero attached hydrogens (tertiary/aromatic N) is 3. The quantitative estimate of drug-likeness (QED) is 0.910. The molecule has 0 amide bonds. The molecule has 0 aliphatic carbocycles. The van der Waals surface area contributed by atoms with Gasteiger partial charge >= 0.3 is 0 Å². The molecule has 0 radical (unpaired) electrons. The molecule has 20 heavy (non-hydrogen) atoms. The maximum atomic E-state index is 4.45. The van der Waals surface area contributed by atoms with Crippen molar-refractivity contribution in [1.29, 1.82) is 0 Å². The predicted molar refractivity (Wildman–Crippen MR) is 82.1 cm³/mol. The summed E-state index contributed by atoms with van der Waals surface area (Å²) in [5.74, 6) is 2.41. The van der Waals surface area contributed by atoms with E-state index in [0.29, 0.717) is 5.92 Å². The van der Waals surface area contributed by atoms with Gasteiger partial charge in [0.05, 0.1) is 5.69 Å². The highest BCUT2D eigenvalue weighted by molar-refractivity contribution is 5.42. The third kappa shape index (κ3) is 3.45.